The first-order valence-corrected chi connectivity index (χ1v) is 23.5. The molecule has 0 aliphatic heterocycles. The number of hydroxylamine groups is 1. The smallest absolute Gasteiger partial charge is 0.224 e. The summed E-state index contributed by atoms with van der Waals surface area (Å²) in [7, 11) is 0. The van der Waals surface area contributed by atoms with Crippen LogP contribution < -0.4 is 15.7 Å². The van der Waals surface area contributed by atoms with Gasteiger partial charge in [-0.2, -0.15) is 4.89 Å². The number of hydrogen-bond donors (Lipinski definition) is 2. The molecular weight excluding hydrogens is 801 g/mol. The second-order valence-electron chi connectivity index (χ2n) is 17.5. The van der Waals surface area contributed by atoms with Gasteiger partial charge in [0.15, 0.2) is 5.75 Å². The summed E-state index contributed by atoms with van der Waals surface area (Å²) in [5.74, 6) is 0.903. The second-order valence-corrected chi connectivity index (χ2v) is 17.5. The van der Waals surface area contributed by atoms with Crippen LogP contribution in [-0.2, 0) is 52.2 Å². The summed E-state index contributed by atoms with van der Waals surface area (Å²) in [6.07, 6.45) is 19.0. The van der Waals surface area contributed by atoms with Gasteiger partial charge in [-0.05, 0) is 131 Å². The van der Waals surface area contributed by atoms with Crippen molar-refractivity contribution in [2.45, 2.75) is 96.5 Å². The van der Waals surface area contributed by atoms with Gasteiger partial charge in [-0.25, -0.2) is 0 Å². The van der Waals surface area contributed by atoms with E-state index in [-0.39, 0.29) is 11.3 Å². The number of aryl methyl sites for hydroxylation is 2. The monoisotopic (exact) mass is 862 g/mol. The van der Waals surface area contributed by atoms with Gasteiger partial charge in [0.1, 0.15) is 6.61 Å². The van der Waals surface area contributed by atoms with Gasteiger partial charge in [-0.15, -0.1) is 0 Å². The van der Waals surface area contributed by atoms with E-state index in [1.165, 1.54) is 50.1 Å². The van der Waals surface area contributed by atoms with Crippen LogP contribution in [0, 0.1) is 0 Å². The molecule has 0 saturated heterocycles. The average molecular weight is 863 g/mol. The van der Waals surface area contributed by atoms with Gasteiger partial charge in [0.05, 0.1) is 6.61 Å². The van der Waals surface area contributed by atoms with Crippen LogP contribution in [0.3, 0.4) is 0 Å². The third kappa shape index (κ3) is 11.6. The molecule has 1 spiro atoms. The Morgan fingerprint density at radius 2 is 1.23 bits per heavy atom. The van der Waals surface area contributed by atoms with E-state index in [9.17, 15) is 4.79 Å². The van der Waals surface area contributed by atoms with E-state index in [0.717, 1.165) is 98.0 Å². The van der Waals surface area contributed by atoms with Crippen LogP contribution in [0.25, 0.3) is 24.3 Å². The Morgan fingerprint density at radius 1 is 0.662 bits per heavy atom. The van der Waals surface area contributed by atoms with Gasteiger partial charge in [-0.1, -0.05) is 173 Å². The molecule has 6 aromatic carbocycles. The molecule has 0 heterocycles. The number of fused-ring (bicyclic) bond motifs is 4. The molecule has 6 heteroatoms. The third-order valence-electron chi connectivity index (χ3n) is 12.9. The van der Waals surface area contributed by atoms with Crippen molar-refractivity contribution >= 4 is 35.9 Å². The van der Waals surface area contributed by atoms with Crippen LogP contribution in [0.1, 0.15) is 126 Å². The molecule has 2 aliphatic rings. The van der Waals surface area contributed by atoms with E-state index in [1.54, 1.807) is 0 Å². The van der Waals surface area contributed by atoms with E-state index >= 15 is 0 Å². The van der Waals surface area contributed by atoms with Crippen LogP contribution in [0.2, 0.25) is 0 Å². The first-order chi connectivity index (χ1) is 31.9. The normalized spacial score (nSPS) is 15.1. The van der Waals surface area contributed by atoms with Crippen LogP contribution in [0.15, 0.2) is 146 Å². The summed E-state index contributed by atoms with van der Waals surface area (Å²) in [5, 5.41) is 3.00. The summed E-state index contributed by atoms with van der Waals surface area (Å²) in [6, 6.07) is 47.3. The number of benzene rings is 6. The minimum absolute atomic E-state index is 0.0742. The maximum Gasteiger partial charge on any atom is 0.224 e. The van der Waals surface area contributed by atoms with E-state index < -0.39 is 0 Å². The molecule has 6 aromatic rings. The molecule has 65 heavy (non-hydrogen) atoms. The summed E-state index contributed by atoms with van der Waals surface area (Å²) in [5.41, 5.74) is 19.6. The molecule has 0 fully saturated rings. The van der Waals surface area contributed by atoms with Crippen molar-refractivity contribution in [2.24, 2.45) is 0 Å². The van der Waals surface area contributed by atoms with E-state index in [1.807, 2.05) is 31.2 Å². The van der Waals surface area contributed by atoms with Crippen molar-refractivity contribution in [2.75, 3.05) is 11.9 Å². The standard InChI is InChI=1S/C59H62N2O4/c1-4-6-7-14-56(62)60-54-33-31-47(32-34-54)18-17-46-25-29-50(30-26-46)42-64-65-55-13-9-11-52-36-39-59(58(52)55)38-35-51-10-8-12-53(57(51)59)41-49-27-23-45(24-28-49)16-15-44-19-21-48(22-20-44)37-40-63-61-43(3)5-2/h8-13,15-34,61H,3-7,14,35-42H2,1-2H3,(H,60,62)/b16-15+,18-17+. The van der Waals surface area contributed by atoms with Gasteiger partial charge in [0.25, 0.3) is 0 Å². The molecule has 0 radical (unpaired) electrons. The topological polar surface area (TPSA) is 68.8 Å². The van der Waals surface area contributed by atoms with Crippen molar-refractivity contribution in [1.29, 1.82) is 0 Å². The number of anilines is 1. The molecule has 6 nitrogen and oxygen atoms in total. The van der Waals surface area contributed by atoms with Gasteiger partial charge < -0.3 is 10.2 Å². The van der Waals surface area contributed by atoms with Gasteiger partial charge in [-0.3, -0.25) is 15.1 Å². The number of hydrogen-bond acceptors (Lipinski definition) is 5. The highest BCUT2D eigenvalue weighted by atomic mass is 17.2. The molecule has 1 amide bonds. The number of nitrogens with one attached hydrogen (secondary N) is 2. The first kappa shape index (κ1) is 45.1. The van der Waals surface area contributed by atoms with Gasteiger partial charge in [0, 0.05) is 28.8 Å². The van der Waals surface area contributed by atoms with Gasteiger partial charge in [0.2, 0.25) is 5.91 Å². The lowest BCUT2D eigenvalue weighted by molar-refractivity contribution is -0.218. The van der Waals surface area contributed by atoms with Crippen LogP contribution in [-0.4, -0.2) is 12.5 Å². The molecule has 1 atom stereocenters. The summed E-state index contributed by atoms with van der Waals surface area (Å²) >= 11 is 0. The molecule has 0 aromatic heterocycles. The molecular formula is C59H62N2O4. The lowest BCUT2D eigenvalue weighted by atomic mass is 9.74. The Balaban J connectivity index is 0.868. The van der Waals surface area contributed by atoms with Gasteiger partial charge >= 0.3 is 0 Å². The highest BCUT2D eigenvalue weighted by Gasteiger charge is 2.48. The SMILES string of the molecule is C=C(CC)NOCCc1ccc(/C=C/c2ccc(Cc3cccc4c3C3(CC4)CCc4cccc(OOCc5ccc(/C=C/c6ccc(NC(=O)CCCCC)cc6)cc5)c43)cc2)cc1. The lowest BCUT2D eigenvalue weighted by Crippen LogP contribution is -2.24. The van der Waals surface area contributed by atoms with Crippen LogP contribution in [0.4, 0.5) is 5.69 Å². The second kappa shape index (κ2) is 21.9. The average Bonchev–Trinajstić information content (AvgIpc) is 3.92. The number of amides is 1. The number of allylic oxidation sites excluding steroid dienone is 1. The highest BCUT2D eigenvalue weighted by molar-refractivity contribution is 5.90. The number of carbonyl (C=O) groups is 1. The molecule has 332 valence electrons. The van der Waals surface area contributed by atoms with Crippen LogP contribution >= 0.6 is 0 Å². The summed E-state index contributed by atoms with van der Waals surface area (Å²) in [4.78, 5) is 30.0. The van der Waals surface area contributed by atoms with Crippen LogP contribution in [0.5, 0.6) is 5.75 Å². The lowest BCUT2D eigenvalue weighted by Gasteiger charge is -2.30. The zero-order valence-corrected chi connectivity index (χ0v) is 38.0. The Bertz CT molecular complexity index is 2590. The molecule has 0 bridgehead atoms. The Morgan fingerprint density at radius 3 is 1.85 bits per heavy atom. The zero-order valence-electron chi connectivity index (χ0n) is 38.0. The largest absolute Gasteiger partial charge is 0.337 e. The van der Waals surface area contributed by atoms with Crippen molar-refractivity contribution in [1.82, 2.24) is 5.48 Å². The maximum atomic E-state index is 12.2. The number of rotatable bonds is 21. The predicted molar refractivity (Wildman–Crippen MR) is 267 cm³/mol. The first-order valence-electron chi connectivity index (χ1n) is 23.5. The predicted octanol–water partition coefficient (Wildman–Crippen LogP) is 13.8. The molecule has 0 saturated carbocycles. The van der Waals surface area contributed by atoms with Crippen molar-refractivity contribution in [3.63, 3.8) is 0 Å². The minimum atomic E-state index is -0.0932. The van der Waals surface area contributed by atoms with Crippen molar-refractivity contribution < 1.29 is 19.4 Å². The maximum absolute atomic E-state index is 12.2. The van der Waals surface area contributed by atoms with Crippen molar-refractivity contribution in [3.8, 4) is 5.75 Å². The Labute approximate surface area is 386 Å². The molecule has 1 unspecified atom stereocenters. The Kier molecular flexibility index (Phi) is 15.2. The molecule has 2 N–H and O–H groups in total. The summed E-state index contributed by atoms with van der Waals surface area (Å²) in [6.45, 7) is 9.05. The van der Waals surface area contributed by atoms with E-state index in [2.05, 4.69) is 158 Å². The number of unbranched alkanes of at least 4 members (excludes halogenated alkanes) is 2. The minimum Gasteiger partial charge on any atom is -0.337 e. The highest BCUT2D eigenvalue weighted by Crippen LogP contribution is 2.56. The fourth-order valence-corrected chi connectivity index (χ4v) is 9.33. The fourth-order valence-electron chi connectivity index (χ4n) is 9.33. The van der Waals surface area contributed by atoms with E-state index in [0.29, 0.717) is 19.6 Å². The number of carbonyl (C=O) groups excluding carboxylic acids is 1. The van der Waals surface area contributed by atoms with Crippen molar-refractivity contribution in [3.05, 3.63) is 212 Å². The summed E-state index contributed by atoms with van der Waals surface area (Å²) < 4.78 is 0. The Hall–Kier alpha value is -6.47. The quantitative estimate of drug-likeness (QED) is 0.0326. The zero-order chi connectivity index (χ0) is 44.9. The molecule has 2 aliphatic carbocycles. The third-order valence-corrected chi connectivity index (χ3v) is 12.9. The fraction of sp³-hybridized carbons (Fsp3) is 0.271. The molecule has 8 rings (SSSR count). The van der Waals surface area contributed by atoms with E-state index in [4.69, 9.17) is 14.6 Å².